The third kappa shape index (κ3) is 3.30. The maximum atomic E-state index is 13.5. The molecule has 108 valence electrons. The lowest BCUT2D eigenvalue weighted by Crippen LogP contribution is -2.27. The maximum absolute atomic E-state index is 13.5. The van der Waals surface area contributed by atoms with Gasteiger partial charge in [0.25, 0.3) is 0 Å². The minimum Gasteiger partial charge on any atom is -0.399 e. The van der Waals surface area contributed by atoms with Crippen molar-refractivity contribution in [2.24, 2.45) is 0 Å². The van der Waals surface area contributed by atoms with E-state index in [2.05, 4.69) is 9.71 Å². The first-order chi connectivity index (χ1) is 9.40. The van der Waals surface area contributed by atoms with E-state index in [1.165, 1.54) is 11.3 Å². The van der Waals surface area contributed by atoms with Gasteiger partial charge in [0.15, 0.2) is 11.6 Å². The van der Waals surface area contributed by atoms with E-state index < -0.39 is 26.6 Å². The van der Waals surface area contributed by atoms with Crippen LogP contribution in [0.3, 0.4) is 0 Å². The lowest BCUT2D eigenvalue weighted by Gasteiger charge is -2.08. The quantitative estimate of drug-likeness (QED) is 0.818. The van der Waals surface area contributed by atoms with E-state index in [4.69, 9.17) is 5.73 Å². The van der Waals surface area contributed by atoms with Crippen molar-refractivity contribution in [3.05, 3.63) is 40.4 Å². The molecule has 0 aliphatic heterocycles. The van der Waals surface area contributed by atoms with Crippen LogP contribution in [0.1, 0.15) is 5.69 Å². The molecule has 5 nitrogen and oxygen atoms in total. The van der Waals surface area contributed by atoms with Crippen molar-refractivity contribution in [3.8, 4) is 0 Å². The summed E-state index contributed by atoms with van der Waals surface area (Å²) in [5.74, 6) is -2.75. The zero-order chi connectivity index (χ0) is 14.8. The fourth-order valence-electron chi connectivity index (χ4n) is 1.53. The number of hydrogen-bond acceptors (Lipinski definition) is 5. The number of hydrogen-bond donors (Lipinski definition) is 2. The highest BCUT2D eigenvalue weighted by Crippen LogP contribution is 2.20. The van der Waals surface area contributed by atoms with Gasteiger partial charge in [-0.15, -0.1) is 11.3 Å². The van der Waals surface area contributed by atoms with Gasteiger partial charge in [0.1, 0.15) is 4.90 Å². The molecule has 2 aromatic rings. The number of nitrogens with zero attached hydrogens (tertiary/aromatic N) is 1. The van der Waals surface area contributed by atoms with Gasteiger partial charge in [0.05, 0.1) is 11.2 Å². The van der Waals surface area contributed by atoms with Crippen LogP contribution in [0.5, 0.6) is 0 Å². The molecule has 0 spiro atoms. The fourth-order valence-corrected chi connectivity index (χ4v) is 3.28. The molecule has 2 rings (SSSR count). The number of benzene rings is 1. The van der Waals surface area contributed by atoms with Crippen molar-refractivity contribution in [1.82, 2.24) is 9.71 Å². The zero-order valence-corrected chi connectivity index (χ0v) is 11.8. The highest BCUT2D eigenvalue weighted by molar-refractivity contribution is 7.89. The average Bonchev–Trinajstić information content (AvgIpc) is 2.86. The molecule has 0 unspecified atom stereocenters. The molecule has 9 heteroatoms. The number of halogens is 2. The van der Waals surface area contributed by atoms with Crippen LogP contribution < -0.4 is 10.5 Å². The monoisotopic (exact) mass is 319 g/mol. The van der Waals surface area contributed by atoms with E-state index in [0.29, 0.717) is 6.42 Å². The standard InChI is InChI=1S/C11H11F2N3O2S2/c12-9-3-7(14)4-10(11(9)13)20(17,18)16-2-1-8-5-19-6-15-8/h3-6,16H,1-2,14H2. The molecule has 0 atom stereocenters. The first-order valence-corrected chi connectivity index (χ1v) is 7.94. The van der Waals surface area contributed by atoms with Gasteiger partial charge in [-0.3, -0.25) is 0 Å². The number of aromatic nitrogens is 1. The minimum atomic E-state index is -4.16. The Kier molecular flexibility index (Phi) is 4.31. The van der Waals surface area contributed by atoms with Gasteiger partial charge in [0.2, 0.25) is 10.0 Å². The zero-order valence-electron chi connectivity index (χ0n) is 10.1. The second kappa shape index (κ2) is 5.81. The Hall–Kier alpha value is -1.58. The first kappa shape index (κ1) is 14.8. The van der Waals surface area contributed by atoms with E-state index in [0.717, 1.165) is 17.8 Å². The second-order valence-corrected chi connectivity index (χ2v) is 6.40. The van der Waals surface area contributed by atoms with Gasteiger partial charge in [-0.1, -0.05) is 0 Å². The van der Waals surface area contributed by atoms with Crippen molar-refractivity contribution in [2.75, 3.05) is 12.3 Å². The van der Waals surface area contributed by atoms with Crippen LogP contribution >= 0.6 is 11.3 Å². The summed E-state index contributed by atoms with van der Waals surface area (Å²) in [6, 6.07) is 1.60. The van der Waals surface area contributed by atoms with Gasteiger partial charge in [0, 0.05) is 24.0 Å². The number of nitrogens with one attached hydrogen (secondary N) is 1. The highest BCUT2D eigenvalue weighted by atomic mass is 32.2. The normalized spacial score (nSPS) is 11.7. The summed E-state index contributed by atoms with van der Waals surface area (Å²) in [4.78, 5) is 3.19. The van der Waals surface area contributed by atoms with Gasteiger partial charge < -0.3 is 5.73 Å². The molecule has 0 amide bonds. The molecule has 0 radical (unpaired) electrons. The van der Waals surface area contributed by atoms with Gasteiger partial charge >= 0.3 is 0 Å². The Morgan fingerprint density at radius 1 is 1.35 bits per heavy atom. The summed E-state index contributed by atoms with van der Waals surface area (Å²) in [7, 11) is -4.16. The van der Waals surface area contributed by atoms with Crippen LogP contribution in [0.4, 0.5) is 14.5 Å². The number of nitrogens with two attached hydrogens (primary N) is 1. The van der Waals surface area contributed by atoms with Crippen molar-refractivity contribution in [2.45, 2.75) is 11.3 Å². The Bertz CT molecular complexity index is 703. The Morgan fingerprint density at radius 2 is 2.10 bits per heavy atom. The molecule has 1 aromatic heterocycles. The van der Waals surface area contributed by atoms with Gasteiger partial charge in [-0.05, 0) is 12.1 Å². The minimum absolute atomic E-state index is 0.0297. The third-order valence-corrected chi connectivity index (χ3v) is 4.56. The maximum Gasteiger partial charge on any atom is 0.243 e. The SMILES string of the molecule is Nc1cc(F)c(F)c(S(=O)(=O)NCCc2cscn2)c1. The van der Waals surface area contributed by atoms with Crippen LogP contribution in [0.15, 0.2) is 27.9 Å². The molecule has 1 aromatic carbocycles. The van der Waals surface area contributed by atoms with E-state index in [1.807, 2.05) is 0 Å². The number of rotatable bonds is 5. The van der Waals surface area contributed by atoms with E-state index in [9.17, 15) is 17.2 Å². The van der Waals surface area contributed by atoms with Gasteiger partial charge in [-0.2, -0.15) is 0 Å². The number of thiazole rings is 1. The summed E-state index contributed by atoms with van der Waals surface area (Å²) in [6.45, 7) is 0.0297. The van der Waals surface area contributed by atoms with Crippen molar-refractivity contribution >= 4 is 27.0 Å². The van der Waals surface area contributed by atoms with Crippen LogP contribution in [0, 0.1) is 11.6 Å². The van der Waals surface area contributed by atoms with Crippen LogP contribution in [0.2, 0.25) is 0 Å². The van der Waals surface area contributed by atoms with Gasteiger partial charge in [-0.25, -0.2) is 26.9 Å². The highest BCUT2D eigenvalue weighted by Gasteiger charge is 2.22. The summed E-state index contributed by atoms with van der Waals surface area (Å²) < 4.78 is 52.7. The Balaban J connectivity index is 2.14. The summed E-state index contributed by atoms with van der Waals surface area (Å²) in [6.07, 6.45) is 0.356. The summed E-state index contributed by atoms with van der Waals surface area (Å²) in [5, 5.41) is 1.77. The molecular weight excluding hydrogens is 308 g/mol. The van der Waals surface area contributed by atoms with Crippen molar-refractivity contribution < 1.29 is 17.2 Å². The van der Waals surface area contributed by atoms with Crippen molar-refractivity contribution in [3.63, 3.8) is 0 Å². The molecule has 3 N–H and O–H groups in total. The Morgan fingerprint density at radius 3 is 2.75 bits per heavy atom. The smallest absolute Gasteiger partial charge is 0.243 e. The fraction of sp³-hybridized carbons (Fsp3) is 0.182. The molecular formula is C11H11F2N3O2S2. The van der Waals surface area contributed by atoms with E-state index >= 15 is 0 Å². The summed E-state index contributed by atoms with van der Waals surface area (Å²) in [5.41, 5.74) is 7.50. The molecule has 0 aliphatic rings. The molecule has 0 fully saturated rings. The lowest BCUT2D eigenvalue weighted by molar-refractivity contribution is 0.484. The Labute approximate surface area is 118 Å². The lowest BCUT2D eigenvalue weighted by atomic mass is 10.3. The van der Waals surface area contributed by atoms with Crippen LogP contribution in [0.25, 0.3) is 0 Å². The van der Waals surface area contributed by atoms with Crippen molar-refractivity contribution in [1.29, 1.82) is 0 Å². The average molecular weight is 319 g/mol. The van der Waals surface area contributed by atoms with Crippen LogP contribution in [-0.2, 0) is 16.4 Å². The number of nitrogen functional groups attached to an aromatic ring is 1. The molecule has 0 saturated heterocycles. The first-order valence-electron chi connectivity index (χ1n) is 5.51. The summed E-state index contributed by atoms with van der Waals surface area (Å²) >= 11 is 1.39. The molecule has 0 aliphatic carbocycles. The molecule has 20 heavy (non-hydrogen) atoms. The van der Waals surface area contributed by atoms with E-state index in [1.54, 1.807) is 10.9 Å². The molecule has 0 bridgehead atoms. The largest absolute Gasteiger partial charge is 0.399 e. The number of sulfonamides is 1. The molecule has 1 heterocycles. The van der Waals surface area contributed by atoms with E-state index in [-0.39, 0.29) is 12.2 Å². The second-order valence-electron chi connectivity index (χ2n) is 3.94. The topological polar surface area (TPSA) is 85.1 Å². The molecule has 0 saturated carbocycles. The third-order valence-electron chi connectivity index (χ3n) is 2.46. The number of anilines is 1. The predicted molar refractivity (Wildman–Crippen MR) is 71.8 cm³/mol. The van der Waals surface area contributed by atoms with Crippen LogP contribution in [-0.4, -0.2) is 19.9 Å². The predicted octanol–water partition coefficient (Wildman–Crippen LogP) is 1.52.